The number of aromatic nitrogens is 2. The van der Waals surface area contributed by atoms with Crippen molar-refractivity contribution in [1.82, 2.24) is 15.1 Å². The van der Waals surface area contributed by atoms with E-state index in [0.29, 0.717) is 24.6 Å². The van der Waals surface area contributed by atoms with Gasteiger partial charge in [-0.3, -0.25) is 4.79 Å². The molecule has 7 heteroatoms. The fourth-order valence-corrected chi connectivity index (χ4v) is 2.62. The van der Waals surface area contributed by atoms with Crippen molar-refractivity contribution in [2.75, 3.05) is 13.2 Å². The molecule has 22 heavy (non-hydrogen) atoms. The Morgan fingerprint density at radius 3 is 2.73 bits per heavy atom. The zero-order chi connectivity index (χ0) is 15.7. The number of H-pyrrole nitrogens is 1. The van der Waals surface area contributed by atoms with Gasteiger partial charge in [0.05, 0.1) is 18.8 Å². The molecule has 2 atom stereocenters. The molecule has 0 aliphatic carbocycles. The Labute approximate surface area is 133 Å². The SMILES string of the molecule is C[C@H]1OCCN(C(=O)c2ccc(-c3n[nH]c(=S)o3)cc2)[C@H]1C. The van der Waals surface area contributed by atoms with Gasteiger partial charge in [0.1, 0.15) is 0 Å². The lowest BCUT2D eigenvalue weighted by molar-refractivity contribution is -0.0440. The molecule has 3 rings (SSSR count). The van der Waals surface area contributed by atoms with Crippen molar-refractivity contribution in [2.45, 2.75) is 26.0 Å². The number of carbonyl (C=O) groups excluding carboxylic acids is 1. The Hall–Kier alpha value is -1.99. The number of rotatable bonds is 2. The second-order valence-corrected chi connectivity index (χ2v) is 5.68. The lowest BCUT2D eigenvalue weighted by Crippen LogP contribution is -2.51. The van der Waals surface area contributed by atoms with Crippen LogP contribution in [0.1, 0.15) is 24.2 Å². The second kappa shape index (κ2) is 6.02. The van der Waals surface area contributed by atoms with Crippen molar-refractivity contribution in [3.05, 3.63) is 34.7 Å². The summed E-state index contributed by atoms with van der Waals surface area (Å²) in [6.45, 7) is 5.17. The summed E-state index contributed by atoms with van der Waals surface area (Å²) in [7, 11) is 0. The first kappa shape index (κ1) is 14.9. The van der Waals surface area contributed by atoms with Crippen LogP contribution in [0.25, 0.3) is 11.5 Å². The van der Waals surface area contributed by atoms with E-state index in [1.165, 1.54) is 0 Å². The van der Waals surface area contributed by atoms with E-state index in [9.17, 15) is 4.79 Å². The van der Waals surface area contributed by atoms with E-state index in [4.69, 9.17) is 21.4 Å². The molecule has 0 radical (unpaired) electrons. The van der Waals surface area contributed by atoms with Crippen molar-refractivity contribution < 1.29 is 13.9 Å². The standard InChI is InChI=1S/C15H17N3O3S/c1-9-10(2)20-8-7-18(9)14(19)12-5-3-11(4-6-12)13-16-17-15(22)21-13/h3-6,9-10H,7-8H2,1-2H3,(H,17,22)/t9-,10+/m0/s1. The van der Waals surface area contributed by atoms with Crippen LogP contribution in [0.3, 0.4) is 0 Å². The van der Waals surface area contributed by atoms with E-state index in [0.717, 1.165) is 5.56 Å². The lowest BCUT2D eigenvalue weighted by Gasteiger charge is -2.37. The van der Waals surface area contributed by atoms with Crippen LogP contribution >= 0.6 is 12.2 Å². The first-order valence-corrected chi connectivity index (χ1v) is 7.55. The molecule has 1 amide bonds. The first-order valence-electron chi connectivity index (χ1n) is 7.15. The van der Waals surface area contributed by atoms with Crippen molar-refractivity contribution in [3.63, 3.8) is 0 Å². The molecule has 0 unspecified atom stereocenters. The van der Waals surface area contributed by atoms with Crippen LogP contribution in [-0.4, -0.2) is 46.3 Å². The van der Waals surface area contributed by atoms with E-state index >= 15 is 0 Å². The summed E-state index contributed by atoms with van der Waals surface area (Å²) in [6.07, 6.45) is 0.0466. The van der Waals surface area contributed by atoms with Crippen molar-refractivity contribution in [2.24, 2.45) is 0 Å². The number of hydrogen-bond acceptors (Lipinski definition) is 5. The number of carbonyl (C=O) groups is 1. The summed E-state index contributed by atoms with van der Waals surface area (Å²) in [6, 6.07) is 7.21. The third-order valence-electron chi connectivity index (χ3n) is 3.96. The number of amides is 1. The number of benzene rings is 1. The van der Waals surface area contributed by atoms with E-state index < -0.39 is 0 Å². The molecule has 1 aromatic carbocycles. The number of nitrogens with one attached hydrogen (secondary N) is 1. The highest BCUT2D eigenvalue weighted by Gasteiger charge is 2.29. The molecule has 116 valence electrons. The van der Waals surface area contributed by atoms with Gasteiger partial charge in [0, 0.05) is 17.7 Å². The van der Waals surface area contributed by atoms with Gasteiger partial charge in [-0.25, -0.2) is 5.10 Å². The number of ether oxygens (including phenoxy) is 1. The number of aromatic amines is 1. The van der Waals surface area contributed by atoms with E-state index in [1.54, 1.807) is 24.3 Å². The summed E-state index contributed by atoms with van der Waals surface area (Å²) in [5, 5.41) is 6.54. The van der Waals surface area contributed by atoms with E-state index in [-0.39, 0.29) is 22.9 Å². The molecule has 0 bridgehead atoms. The first-order chi connectivity index (χ1) is 10.6. The Morgan fingerprint density at radius 2 is 2.09 bits per heavy atom. The molecule has 0 saturated carbocycles. The maximum Gasteiger partial charge on any atom is 0.284 e. The highest BCUT2D eigenvalue weighted by molar-refractivity contribution is 7.71. The van der Waals surface area contributed by atoms with Crippen LogP contribution in [0, 0.1) is 4.84 Å². The Kier molecular flexibility index (Phi) is 4.08. The van der Waals surface area contributed by atoms with Crippen molar-refractivity contribution in [3.8, 4) is 11.5 Å². The zero-order valence-corrected chi connectivity index (χ0v) is 13.2. The molecule has 1 N–H and O–H groups in total. The Balaban J connectivity index is 1.80. The van der Waals surface area contributed by atoms with Crippen LogP contribution in [-0.2, 0) is 4.74 Å². The molecule has 2 aromatic rings. The lowest BCUT2D eigenvalue weighted by atomic mass is 10.1. The van der Waals surface area contributed by atoms with Crippen LogP contribution in [0.4, 0.5) is 0 Å². The van der Waals surface area contributed by atoms with Gasteiger partial charge >= 0.3 is 0 Å². The predicted molar refractivity (Wildman–Crippen MR) is 83.0 cm³/mol. The molecule has 6 nitrogen and oxygen atoms in total. The average Bonchev–Trinajstić information content (AvgIpc) is 2.96. The van der Waals surface area contributed by atoms with E-state index in [1.807, 2.05) is 18.7 Å². The quantitative estimate of drug-likeness (QED) is 0.862. The molecule has 2 heterocycles. The molecule has 1 aliphatic rings. The predicted octanol–water partition coefficient (Wildman–Crippen LogP) is 2.65. The van der Waals surface area contributed by atoms with Crippen LogP contribution in [0.2, 0.25) is 0 Å². The van der Waals surface area contributed by atoms with Gasteiger partial charge in [-0.05, 0) is 50.3 Å². The largest absolute Gasteiger partial charge is 0.409 e. The summed E-state index contributed by atoms with van der Waals surface area (Å²) >= 11 is 4.85. The van der Waals surface area contributed by atoms with Gasteiger partial charge in [-0.2, -0.15) is 0 Å². The average molecular weight is 319 g/mol. The van der Waals surface area contributed by atoms with E-state index in [2.05, 4.69) is 10.2 Å². The fraction of sp³-hybridized carbons (Fsp3) is 0.400. The summed E-state index contributed by atoms with van der Waals surface area (Å²) in [4.78, 5) is 14.7. The third-order valence-corrected chi connectivity index (χ3v) is 4.14. The highest BCUT2D eigenvalue weighted by Crippen LogP contribution is 2.20. The van der Waals surface area contributed by atoms with Gasteiger partial charge in [-0.15, -0.1) is 5.10 Å². The number of hydrogen-bond donors (Lipinski definition) is 1. The maximum atomic E-state index is 12.6. The molecule has 1 saturated heterocycles. The Morgan fingerprint density at radius 1 is 1.36 bits per heavy atom. The van der Waals surface area contributed by atoms with Gasteiger partial charge in [0.15, 0.2) is 0 Å². The molecule has 1 fully saturated rings. The molecular formula is C15H17N3O3S. The molecule has 1 aliphatic heterocycles. The smallest absolute Gasteiger partial charge is 0.284 e. The maximum absolute atomic E-state index is 12.6. The van der Waals surface area contributed by atoms with Gasteiger partial charge in [-0.1, -0.05) is 0 Å². The van der Waals surface area contributed by atoms with Gasteiger partial charge < -0.3 is 14.1 Å². The minimum atomic E-state index is 0.0112. The zero-order valence-electron chi connectivity index (χ0n) is 12.4. The number of morpholine rings is 1. The number of nitrogens with zero attached hydrogens (tertiary/aromatic N) is 2. The summed E-state index contributed by atoms with van der Waals surface area (Å²) in [5.41, 5.74) is 1.41. The highest BCUT2D eigenvalue weighted by atomic mass is 32.1. The van der Waals surface area contributed by atoms with Crippen LogP contribution in [0.15, 0.2) is 28.7 Å². The van der Waals surface area contributed by atoms with Gasteiger partial charge in [0.25, 0.3) is 10.7 Å². The van der Waals surface area contributed by atoms with Gasteiger partial charge in [0.2, 0.25) is 5.89 Å². The summed E-state index contributed by atoms with van der Waals surface area (Å²) in [5.74, 6) is 0.425. The minimum Gasteiger partial charge on any atom is -0.409 e. The Bertz CT molecular complexity index is 722. The van der Waals surface area contributed by atoms with Crippen LogP contribution in [0.5, 0.6) is 0 Å². The van der Waals surface area contributed by atoms with Crippen LogP contribution < -0.4 is 0 Å². The topological polar surface area (TPSA) is 71.4 Å². The minimum absolute atomic E-state index is 0.0112. The molecule has 0 spiro atoms. The molecule has 1 aromatic heterocycles. The second-order valence-electron chi connectivity index (χ2n) is 5.31. The van der Waals surface area contributed by atoms with Crippen molar-refractivity contribution >= 4 is 18.1 Å². The normalized spacial score (nSPS) is 21.8. The molecular weight excluding hydrogens is 302 g/mol. The summed E-state index contributed by atoms with van der Waals surface area (Å²) < 4.78 is 10.8. The monoisotopic (exact) mass is 319 g/mol. The van der Waals surface area contributed by atoms with Crippen molar-refractivity contribution in [1.29, 1.82) is 0 Å². The third kappa shape index (κ3) is 2.82. The fourth-order valence-electron chi connectivity index (χ4n) is 2.49.